The van der Waals surface area contributed by atoms with Gasteiger partial charge in [0.25, 0.3) is 5.56 Å². The summed E-state index contributed by atoms with van der Waals surface area (Å²) in [5, 5.41) is 5.57. The highest BCUT2D eigenvalue weighted by molar-refractivity contribution is 5.79. The number of rotatable bonds is 2. The maximum atomic E-state index is 11.2. The summed E-state index contributed by atoms with van der Waals surface area (Å²) in [5.74, 6) is 0.254. The van der Waals surface area contributed by atoms with Crippen LogP contribution in [0.4, 0.5) is 5.82 Å². The Morgan fingerprint density at radius 1 is 1.50 bits per heavy atom. The molecule has 1 amide bonds. The predicted molar refractivity (Wildman–Crippen MR) is 49.9 cm³/mol. The number of anilines is 1. The summed E-state index contributed by atoms with van der Waals surface area (Å²) >= 11 is 0. The summed E-state index contributed by atoms with van der Waals surface area (Å²) < 4.78 is 0. The van der Waals surface area contributed by atoms with Crippen molar-refractivity contribution in [1.82, 2.24) is 15.3 Å². The molecule has 0 bridgehead atoms. The lowest BCUT2D eigenvalue weighted by Gasteiger charge is -2.08. The molecule has 0 radical (unpaired) electrons. The molecule has 74 valence electrons. The third-order valence-electron chi connectivity index (χ3n) is 2.03. The summed E-state index contributed by atoms with van der Waals surface area (Å²) in [6, 6.07) is -0.0431. The molecule has 2 heterocycles. The van der Waals surface area contributed by atoms with Crippen molar-refractivity contribution in [3.8, 4) is 0 Å². The lowest BCUT2D eigenvalue weighted by atomic mass is 10.2. The van der Waals surface area contributed by atoms with Gasteiger partial charge in [0.1, 0.15) is 0 Å². The Morgan fingerprint density at radius 2 is 2.36 bits per heavy atom. The quantitative estimate of drug-likeness (QED) is 0.567. The van der Waals surface area contributed by atoms with Crippen molar-refractivity contribution in [2.75, 3.05) is 11.9 Å². The third-order valence-corrected chi connectivity index (χ3v) is 2.03. The van der Waals surface area contributed by atoms with E-state index < -0.39 is 0 Å². The fourth-order valence-corrected chi connectivity index (χ4v) is 1.36. The van der Waals surface area contributed by atoms with E-state index in [1.807, 2.05) is 0 Å². The molecule has 1 aromatic heterocycles. The summed E-state index contributed by atoms with van der Waals surface area (Å²) in [6.07, 6.45) is 3.34. The standard InChI is InChI=1S/C8H10N4O2/c13-6-3-5(4-11-6)12-7-8(14)10-2-1-9-7/h1-2,5H,3-4H2,(H,9,12)(H,10,14)(H,11,13). The van der Waals surface area contributed by atoms with Crippen LogP contribution < -0.4 is 16.2 Å². The second-order valence-corrected chi connectivity index (χ2v) is 3.12. The number of nitrogens with zero attached hydrogens (tertiary/aromatic N) is 1. The van der Waals surface area contributed by atoms with E-state index in [-0.39, 0.29) is 23.3 Å². The molecule has 14 heavy (non-hydrogen) atoms. The first-order valence-electron chi connectivity index (χ1n) is 4.32. The van der Waals surface area contributed by atoms with Crippen LogP contribution in [0.15, 0.2) is 17.2 Å². The lowest BCUT2D eigenvalue weighted by Crippen LogP contribution is -2.27. The van der Waals surface area contributed by atoms with Crippen LogP contribution in [0.25, 0.3) is 0 Å². The first-order chi connectivity index (χ1) is 6.75. The second-order valence-electron chi connectivity index (χ2n) is 3.12. The Hall–Kier alpha value is -1.85. The molecule has 6 nitrogen and oxygen atoms in total. The van der Waals surface area contributed by atoms with Crippen molar-refractivity contribution < 1.29 is 4.79 Å². The van der Waals surface area contributed by atoms with E-state index >= 15 is 0 Å². The zero-order chi connectivity index (χ0) is 9.97. The monoisotopic (exact) mass is 194 g/mol. The average Bonchev–Trinajstić information content (AvgIpc) is 2.56. The smallest absolute Gasteiger partial charge is 0.290 e. The Kier molecular flexibility index (Phi) is 2.18. The van der Waals surface area contributed by atoms with Gasteiger partial charge in [0, 0.05) is 25.4 Å². The van der Waals surface area contributed by atoms with Gasteiger partial charge in [-0.1, -0.05) is 0 Å². The molecule has 0 aromatic carbocycles. The molecule has 0 aliphatic carbocycles. The Labute approximate surface area is 79.7 Å². The molecular weight excluding hydrogens is 184 g/mol. The number of carbonyl (C=O) groups excluding carboxylic acids is 1. The van der Waals surface area contributed by atoms with E-state index in [9.17, 15) is 9.59 Å². The Morgan fingerprint density at radius 3 is 3.00 bits per heavy atom. The van der Waals surface area contributed by atoms with Gasteiger partial charge in [0.2, 0.25) is 5.91 Å². The predicted octanol–water partition coefficient (Wildman–Crippen LogP) is -0.930. The van der Waals surface area contributed by atoms with Crippen LogP contribution in [0, 0.1) is 0 Å². The first-order valence-corrected chi connectivity index (χ1v) is 4.32. The number of aromatic nitrogens is 2. The van der Waals surface area contributed by atoms with Crippen LogP contribution in [0.3, 0.4) is 0 Å². The van der Waals surface area contributed by atoms with E-state index in [4.69, 9.17) is 0 Å². The molecular formula is C8H10N4O2. The van der Waals surface area contributed by atoms with Crippen molar-refractivity contribution in [1.29, 1.82) is 0 Å². The molecule has 6 heteroatoms. The van der Waals surface area contributed by atoms with Gasteiger partial charge in [0.05, 0.1) is 6.04 Å². The number of amides is 1. The van der Waals surface area contributed by atoms with Crippen molar-refractivity contribution >= 4 is 11.7 Å². The number of hydrogen-bond acceptors (Lipinski definition) is 4. The van der Waals surface area contributed by atoms with Crippen LogP contribution in [-0.4, -0.2) is 28.5 Å². The van der Waals surface area contributed by atoms with Crippen LogP contribution >= 0.6 is 0 Å². The van der Waals surface area contributed by atoms with Crippen LogP contribution in [-0.2, 0) is 4.79 Å². The van der Waals surface area contributed by atoms with Crippen molar-refractivity contribution in [3.05, 3.63) is 22.7 Å². The minimum Gasteiger partial charge on any atom is -0.360 e. The number of carbonyl (C=O) groups is 1. The van der Waals surface area contributed by atoms with Gasteiger partial charge < -0.3 is 15.6 Å². The third kappa shape index (κ3) is 1.73. The van der Waals surface area contributed by atoms with E-state index in [1.165, 1.54) is 12.4 Å². The van der Waals surface area contributed by atoms with Gasteiger partial charge in [-0.15, -0.1) is 0 Å². The highest BCUT2D eigenvalue weighted by atomic mass is 16.2. The summed E-state index contributed by atoms with van der Waals surface area (Å²) in [7, 11) is 0. The highest BCUT2D eigenvalue weighted by Gasteiger charge is 2.21. The zero-order valence-corrected chi connectivity index (χ0v) is 7.41. The van der Waals surface area contributed by atoms with Gasteiger partial charge >= 0.3 is 0 Å². The number of aromatic amines is 1. The Balaban J connectivity index is 2.08. The van der Waals surface area contributed by atoms with Crippen LogP contribution in [0.2, 0.25) is 0 Å². The minimum absolute atomic E-state index is 0.00476. The van der Waals surface area contributed by atoms with Crippen molar-refractivity contribution in [2.45, 2.75) is 12.5 Å². The zero-order valence-electron chi connectivity index (χ0n) is 7.41. The molecule has 1 aliphatic rings. The summed E-state index contributed by atoms with van der Waals surface area (Å²) in [6.45, 7) is 0.537. The lowest BCUT2D eigenvalue weighted by molar-refractivity contribution is -0.119. The molecule has 1 fully saturated rings. The van der Waals surface area contributed by atoms with Crippen molar-refractivity contribution in [3.63, 3.8) is 0 Å². The van der Waals surface area contributed by atoms with Gasteiger partial charge in [0.15, 0.2) is 5.82 Å². The molecule has 0 spiro atoms. The van der Waals surface area contributed by atoms with E-state index in [1.54, 1.807) is 0 Å². The van der Waals surface area contributed by atoms with Gasteiger partial charge in [-0.2, -0.15) is 0 Å². The molecule has 0 saturated carbocycles. The minimum atomic E-state index is -0.271. The van der Waals surface area contributed by atoms with Crippen molar-refractivity contribution in [2.24, 2.45) is 0 Å². The fraction of sp³-hybridized carbons (Fsp3) is 0.375. The van der Waals surface area contributed by atoms with E-state index in [2.05, 4.69) is 20.6 Å². The number of nitrogens with one attached hydrogen (secondary N) is 3. The van der Waals surface area contributed by atoms with Gasteiger partial charge in [-0.25, -0.2) is 4.98 Å². The second kappa shape index (κ2) is 3.49. The molecule has 1 atom stereocenters. The molecule has 2 rings (SSSR count). The number of H-pyrrole nitrogens is 1. The Bertz CT molecular complexity index is 400. The summed E-state index contributed by atoms with van der Waals surface area (Å²) in [5.41, 5.74) is -0.271. The summed E-state index contributed by atoms with van der Waals surface area (Å²) in [4.78, 5) is 28.4. The number of hydrogen-bond donors (Lipinski definition) is 3. The maximum Gasteiger partial charge on any atom is 0.290 e. The maximum absolute atomic E-state index is 11.2. The fourth-order valence-electron chi connectivity index (χ4n) is 1.36. The molecule has 1 aliphatic heterocycles. The average molecular weight is 194 g/mol. The molecule has 1 aromatic rings. The van der Waals surface area contributed by atoms with Gasteiger partial charge in [-0.3, -0.25) is 9.59 Å². The van der Waals surface area contributed by atoms with Crippen LogP contribution in [0.5, 0.6) is 0 Å². The molecule has 3 N–H and O–H groups in total. The highest BCUT2D eigenvalue weighted by Crippen LogP contribution is 2.04. The first kappa shape index (κ1) is 8.74. The largest absolute Gasteiger partial charge is 0.360 e. The van der Waals surface area contributed by atoms with E-state index in [0.717, 1.165) is 0 Å². The SMILES string of the molecule is O=C1CC(Nc2ncc[nH]c2=O)CN1. The molecule has 1 saturated heterocycles. The van der Waals surface area contributed by atoms with Crippen LogP contribution in [0.1, 0.15) is 6.42 Å². The molecule has 1 unspecified atom stereocenters. The normalized spacial score (nSPS) is 20.6. The van der Waals surface area contributed by atoms with Gasteiger partial charge in [-0.05, 0) is 0 Å². The topological polar surface area (TPSA) is 86.9 Å². The van der Waals surface area contributed by atoms with E-state index in [0.29, 0.717) is 13.0 Å².